The van der Waals surface area contributed by atoms with Crippen molar-refractivity contribution >= 4 is 16.6 Å². The summed E-state index contributed by atoms with van der Waals surface area (Å²) in [5.74, 6) is 0. The molecule has 3 rings (SSSR count). The molecule has 8 heteroatoms. The Bertz CT molecular complexity index is 1180. The quantitative estimate of drug-likeness (QED) is 0.371. The third-order valence-corrected chi connectivity index (χ3v) is 5.19. The molecule has 3 aromatic rings. The van der Waals surface area contributed by atoms with Gasteiger partial charge < -0.3 is 4.57 Å². The zero-order chi connectivity index (χ0) is 20.6. The van der Waals surface area contributed by atoms with Crippen molar-refractivity contribution in [1.82, 2.24) is 13.7 Å². The highest BCUT2D eigenvalue weighted by Gasteiger charge is 2.21. The van der Waals surface area contributed by atoms with E-state index in [1.165, 1.54) is 17.7 Å². The van der Waals surface area contributed by atoms with Crippen LogP contribution in [0.3, 0.4) is 0 Å². The maximum atomic E-state index is 12.9. The van der Waals surface area contributed by atoms with Gasteiger partial charge in [-0.2, -0.15) is 0 Å². The molecule has 0 aliphatic heterocycles. The Kier molecular flexibility index (Phi) is 5.22. The number of hydrogen-bond donors (Lipinski definition) is 0. The zero-order valence-electron chi connectivity index (χ0n) is 16.6. The molecule has 28 heavy (non-hydrogen) atoms. The molecule has 0 saturated heterocycles. The van der Waals surface area contributed by atoms with E-state index in [2.05, 4.69) is 6.92 Å². The number of unbranched alkanes of at least 4 members (excludes halogenated alkanes) is 2. The third-order valence-electron chi connectivity index (χ3n) is 5.19. The van der Waals surface area contributed by atoms with E-state index < -0.39 is 16.2 Å². The maximum absolute atomic E-state index is 12.9. The summed E-state index contributed by atoms with van der Waals surface area (Å²) in [5, 5.41) is 11.8. The average molecular weight is 384 g/mol. The summed E-state index contributed by atoms with van der Waals surface area (Å²) in [4.78, 5) is 36.3. The minimum atomic E-state index is -0.417. The number of aryl methyl sites for hydroxylation is 3. The van der Waals surface area contributed by atoms with E-state index in [4.69, 9.17) is 0 Å². The predicted molar refractivity (Wildman–Crippen MR) is 109 cm³/mol. The van der Waals surface area contributed by atoms with Crippen LogP contribution < -0.4 is 11.2 Å². The van der Waals surface area contributed by atoms with Crippen molar-refractivity contribution in [2.24, 2.45) is 14.1 Å². The molecule has 8 nitrogen and oxygen atoms in total. The molecule has 0 aliphatic rings. The van der Waals surface area contributed by atoms with Crippen LogP contribution >= 0.6 is 0 Å². The summed E-state index contributed by atoms with van der Waals surface area (Å²) in [7, 11) is 3.07. The first-order valence-corrected chi connectivity index (χ1v) is 9.32. The number of nitro benzene ring substituents is 1. The maximum Gasteiger partial charge on any atom is 0.330 e. The molecule has 0 unspecified atom stereocenters. The minimum Gasteiger partial charge on any atom is -0.345 e. The van der Waals surface area contributed by atoms with Crippen LogP contribution in [-0.2, 0) is 20.6 Å². The Labute approximate surface area is 161 Å². The molecule has 0 fully saturated rings. The number of aromatic nitrogens is 3. The standard InChI is InChI=1S/C20H24N4O4/c1-5-6-7-10-23-12-16-17(19(25)22(4)20(26)21(16)3)18(23)14-9-8-13(2)15(11-14)24(27)28/h8-9,11-12H,5-7,10H2,1-4H3. The number of nitrogens with zero attached hydrogens (tertiary/aromatic N) is 4. The van der Waals surface area contributed by atoms with Crippen molar-refractivity contribution < 1.29 is 4.92 Å². The summed E-state index contributed by atoms with van der Waals surface area (Å²) in [5.41, 5.74) is 1.51. The Morgan fingerprint density at radius 2 is 1.82 bits per heavy atom. The molecule has 1 aromatic carbocycles. The monoisotopic (exact) mass is 384 g/mol. The molecular formula is C20H24N4O4. The Morgan fingerprint density at radius 3 is 2.46 bits per heavy atom. The fourth-order valence-corrected chi connectivity index (χ4v) is 3.56. The fourth-order valence-electron chi connectivity index (χ4n) is 3.56. The molecule has 0 spiro atoms. The van der Waals surface area contributed by atoms with Crippen LogP contribution in [0.4, 0.5) is 5.69 Å². The highest BCUT2D eigenvalue weighted by Crippen LogP contribution is 2.32. The zero-order valence-corrected chi connectivity index (χ0v) is 16.6. The van der Waals surface area contributed by atoms with Gasteiger partial charge in [0.25, 0.3) is 11.2 Å². The summed E-state index contributed by atoms with van der Waals surface area (Å²) in [6.45, 7) is 4.45. The Hall–Kier alpha value is -3.16. The highest BCUT2D eigenvalue weighted by molar-refractivity contribution is 5.94. The van der Waals surface area contributed by atoms with Crippen LogP contribution in [-0.4, -0.2) is 18.6 Å². The van der Waals surface area contributed by atoms with Crippen molar-refractivity contribution in [2.75, 3.05) is 0 Å². The average Bonchev–Trinajstić information content (AvgIpc) is 3.04. The van der Waals surface area contributed by atoms with Gasteiger partial charge in [0.1, 0.15) is 0 Å². The second kappa shape index (κ2) is 7.46. The van der Waals surface area contributed by atoms with Crippen LogP contribution in [0.1, 0.15) is 31.7 Å². The molecule has 0 N–H and O–H groups in total. The van der Waals surface area contributed by atoms with Gasteiger partial charge in [-0.05, 0) is 13.3 Å². The summed E-state index contributed by atoms with van der Waals surface area (Å²) >= 11 is 0. The van der Waals surface area contributed by atoms with Crippen LogP contribution in [0.25, 0.3) is 22.2 Å². The Morgan fingerprint density at radius 1 is 1.11 bits per heavy atom. The van der Waals surface area contributed by atoms with E-state index in [1.54, 1.807) is 32.3 Å². The number of nitro groups is 1. The molecule has 0 bridgehead atoms. The van der Waals surface area contributed by atoms with Gasteiger partial charge in [-0.25, -0.2) is 4.79 Å². The van der Waals surface area contributed by atoms with Gasteiger partial charge in [-0.3, -0.25) is 24.0 Å². The molecule has 2 aromatic heterocycles. The van der Waals surface area contributed by atoms with E-state index in [9.17, 15) is 19.7 Å². The first-order chi connectivity index (χ1) is 13.3. The molecule has 0 saturated carbocycles. The minimum absolute atomic E-state index is 0.00796. The second-order valence-corrected chi connectivity index (χ2v) is 7.10. The van der Waals surface area contributed by atoms with Gasteiger partial charge >= 0.3 is 5.69 Å². The normalized spacial score (nSPS) is 11.3. The number of fused-ring (bicyclic) bond motifs is 1. The van der Waals surface area contributed by atoms with Crippen LogP contribution in [0, 0.1) is 17.0 Å². The van der Waals surface area contributed by atoms with Gasteiger partial charge in [-0.1, -0.05) is 31.9 Å². The lowest BCUT2D eigenvalue weighted by Gasteiger charge is -2.10. The predicted octanol–water partition coefficient (Wildman–Crippen LogP) is 3.11. The largest absolute Gasteiger partial charge is 0.345 e. The molecule has 0 amide bonds. The highest BCUT2D eigenvalue weighted by atomic mass is 16.6. The van der Waals surface area contributed by atoms with Crippen molar-refractivity contribution in [3.05, 3.63) is 60.9 Å². The number of benzene rings is 1. The molecule has 2 heterocycles. The van der Waals surface area contributed by atoms with E-state index in [0.717, 1.165) is 23.8 Å². The van der Waals surface area contributed by atoms with Crippen molar-refractivity contribution in [3.8, 4) is 11.3 Å². The second-order valence-electron chi connectivity index (χ2n) is 7.10. The van der Waals surface area contributed by atoms with Gasteiger partial charge in [0.05, 0.1) is 21.5 Å². The summed E-state index contributed by atoms with van der Waals surface area (Å²) in [6, 6.07) is 4.98. The van der Waals surface area contributed by atoms with E-state index in [0.29, 0.717) is 34.3 Å². The third kappa shape index (κ3) is 3.15. The first kappa shape index (κ1) is 19.6. The van der Waals surface area contributed by atoms with Gasteiger partial charge in [0.15, 0.2) is 0 Å². The van der Waals surface area contributed by atoms with Gasteiger partial charge in [-0.15, -0.1) is 0 Å². The van der Waals surface area contributed by atoms with Crippen LogP contribution in [0.2, 0.25) is 0 Å². The smallest absolute Gasteiger partial charge is 0.330 e. The van der Waals surface area contributed by atoms with Crippen molar-refractivity contribution in [3.63, 3.8) is 0 Å². The Balaban J connectivity index is 2.38. The number of rotatable bonds is 6. The first-order valence-electron chi connectivity index (χ1n) is 9.32. The molecule has 0 atom stereocenters. The number of hydrogen-bond acceptors (Lipinski definition) is 4. The molecular weight excluding hydrogens is 360 g/mol. The van der Waals surface area contributed by atoms with Crippen LogP contribution in [0.15, 0.2) is 34.0 Å². The molecule has 0 aliphatic carbocycles. The summed E-state index contributed by atoms with van der Waals surface area (Å²) in [6.07, 6.45) is 4.78. The van der Waals surface area contributed by atoms with E-state index in [-0.39, 0.29) is 5.69 Å². The van der Waals surface area contributed by atoms with Gasteiger partial charge in [0.2, 0.25) is 0 Å². The molecule has 0 radical (unpaired) electrons. The van der Waals surface area contributed by atoms with E-state index >= 15 is 0 Å². The van der Waals surface area contributed by atoms with Crippen LogP contribution in [0.5, 0.6) is 0 Å². The fraction of sp³-hybridized carbons (Fsp3) is 0.400. The lowest BCUT2D eigenvalue weighted by molar-refractivity contribution is -0.385. The van der Waals surface area contributed by atoms with Gasteiger partial charge in [0, 0.05) is 44.0 Å². The van der Waals surface area contributed by atoms with E-state index in [1.807, 2.05) is 4.57 Å². The topological polar surface area (TPSA) is 92.1 Å². The SMILES string of the molecule is CCCCCn1cc2c(c1-c1ccc(C)c([N+](=O)[O-])c1)c(=O)n(C)c(=O)n2C. The molecule has 148 valence electrons. The lowest BCUT2D eigenvalue weighted by Crippen LogP contribution is -2.36. The van der Waals surface area contributed by atoms with Crippen molar-refractivity contribution in [2.45, 2.75) is 39.7 Å². The summed E-state index contributed by atoms with van der Waals surface area (Å²) < 4.78 is 4.46. The van der Waals surface area contributed by atoms with Crippen molar-refractivity contribution in [1.29, 1.82) is 0 Å². The lowest BCUT2D eigenvalue weighted by atomic mass is 10.1.